The second kappa shape index (κ2) is 7.63. The summed E-state index contributed by atoms with van der Waals surface area (Å²) in [5.41, 5.74) is 3.31. The molecular weight excluding hydrogens is 320 g/mol. The number of benzene rings is 2. The number of nitrogens with one attached hydrogen (secondary N) is 1. The first-order valence-corrected chi connectivity index (χ1v) is 9.86. The lowest BCUT2D eigenvalue weighted by molar-refractivity contribution is 0.0177. The molecule has 3 heteroatoms. The molecule has 1 N–H and O–H groups in total. The molecule has 0 aliphatic carbocycles. The van der Waals surface area contributed by atoms with Gasteiger partial charge in [0.25, 0.3) is 5.91 Å². The Morgan fingerprint density at radius 1 is 1.04 bits per heavy atom. The predicted molar refractivity (Wildman–Crippen MR) is 105 cm³/mol. The largest absolute Gasteiger partial charge is 0.349 e. The van der Waals surface area contributed by atoms with Crippen LogP contribution in [0, 0.1) is 6.92 Å². The van der Waals surface area contributed by atoms with E-state index in [-0.39, 0.29) is 5.91 Å². The van der Waals surface area contributed by atoms with Crippen molar-refractivity contribution < 1.29 is 4.79 Å². The summed E-state index contributed by atoms with van der Waals surface area (Å²) in [7, 11) is 0. The van der Waals surface area contributed by atoms with Crippen molar-refractivity contribution in [1.82, 2.24) is 10.2 Å². The summed E-state index contributed by atoms with van der Waals surface area (Å²) < 4.78 is 0. The van der Waals surface area contributed by atoms with E-state index in [0.717, 1.165) is 30.5 Å². The summed E-state index contributed by atoms with van der Waals surface area (Å²) in [5, 5.41) is 3.31. The van der Waals surface area contributed by atoms with Crippen LogP contribution in [0.25, 0.3) is 0 Å². The van der Waals surface area contributed by atoms with Gasteiger partial charge < -0.3 is 5.32 Å². The molecule has 2 atom stereocenters. The lowest BCUT2D eigenvalue weighted by Gasteiger charge is -2.49. The number of piperidine rings is 2. The van der Waals surface area contributed by atoms with Crippen LogP contribution >= 0.6 is 0 Å². The third kappa shape index (κ3) is 3.83. The first kappa shape index (κ1) is 17.3. The maximum atomic E-state index is 12.6. The third-order valence-electron chi connectivity index (χ3n) is 5.95. The van der Waals surface area contributed by atoms with E-state index < -0.39 is 0 Å². The first-order chi connectivity index (χ1) is 12.7. The Morgan fingerprint density at radius 2 is 1.77 bits per heavy atom. The number of carbonyl (C=O) groups is 1. The van der Waals surface area contributed by atoms with Gasteiger partial charge in [0.05, 0.1) is 0 Å². The number of fused-ring (bicyclic) bond motifs is 2. The van der Waals surface area contributed by atoms with Crippen LogP contribution in [0.2, 0.25) is 0 Å². The molecule has 2 bridgehead atoms. The molecule has 2 aromatic rings. The summed E-state index contributed by atoms with van der Waals surface area (Å²) in [6.45, 7) is 3.07. The quantitative estimate of drug-likeness (QED) is 0.893. The molecule has 4 rings (SSSR count). The van der Waals surface area contributed by atoms with Crippen LogP contribution in [-0.4, -0.2) is 28.9 Å². The smallest absolute Gasteiger partial charge is 0.251 e. The minimum Gasteiger partial charge on any atom is -0.349 e. The van der Waals surface area contributed by atoms with Crippen molar-refractivity contribution in [1.29, 1.82) is 0 Å². The monoisotopic (exact) mass is 348 g/mol. The standard InChI is InChI=1S/C23H28N2O/c1-17-7-5-10-19(13-17)23(26)24-20-14-21-11-6-12-22(15-20)25(21)16-18-8-3-2-4-9-18/h2-5,7-10,13,20-22H,6,11-12,14-16H2,1H3,(H,24,26)/t21-,22-/m1/s1. The molecular formula is C23H28N2O. The fourth-order valence-corrected chi connectivity index (χ4v) is 4.70. The van der Waals surface area contributed by atoms with Gasteiger partial charge in [0.1, 0.15) is 0 Å². The van der Waals surface area contributed by atoms with Gasteiger partial charge in [-0.15, -0.1) is 0 Å². The molecule has 3 nitrogen and oxygen atoms in total. The van der Waals surface area contributed by atoms with Gasteiger partial charge in [-0.1, -0.05) is 54.4 Å². The fourth-order valence-electron chi connectivity index (χ4n) is 4.70. The van der Waals surface area contributed by atoms with E-state index in [1.54, 1.807) is 0 Å². The number of hydrogen-bond donors (Lipinski definition) is 1. The average Bonchev–Trinajstić information content (AvgIpc) is 2.63. The van der Waals surface area contributed by atoms with Crippen LogP contribution in [0.3, 0.4) is 0 Å². The minimum atomic E-state index is 0.0771. The summed E-state index contributed by atoms with van der Waals surface area (Å²) >= 11 is 0. The van der Waals surface area contributed by atoms with Gasteiger partial charge in [-0.25, -0.2) is 0 Å². The Labute approximate surface area is 156 Å². The second-order valence-electron chi connectivity index (χ2n) is 7.91. The van der Waals surface area contributed by atoms with Crippen LogP contribution in [0.4, 0.5) is 0 Å². The van der Waals surface area contributed by atoms with Crippen LogP contribution in [0.1, 0.15) is 53.6 Å². The third-order valence-corrected chi connectivity index (χ3v) is 5.95. The van der Waals surface area contributed by atoms with Gasteiger partial charge in [-0.2, -0.15) is 0 Å². The van der Waals surface area contributed by atoms with E-state index in [2.05, 4.69) is 40.5 Å². The summed E-state index contributed by atoms with van der Waals surface area (Å²) in [6.07, 6.45) is 5.96. The molecule has 136 valence electrons. The molecule has 26 heavy (non-hydrogen) atoms. The normalized spacial score (nSPS) is 25.7. The number of amides is 1. The van der Waals surface area contributed by atoms with Crippen LogP contribution < -0.4 is 5.32 Å². The van der Waals surface area contributed by atoms with E-state index in [4.69, 9.17) is 0 Å². The van der Waals surface area contributed by atoms with Gasteiger partial charge in [-0.05, 0) is 50.3 Å². The molecule has 2 aliphatic heterocycles. The van der Waals surface area contributed by atoms with Crippen molar-refractivity contribution >= 4 is 5.91 Å². The highest BCUT2D eigenvalue weighted by molar-refractivity contribution is 5.94. The van der Waals surface area contributed by atoms with Gasteiger partial charge in [0, 0.05) is 30.2 Å². The van der Waals surface area contributed by atoms with E-state index in [9.17, 15) is 4.79 Å². The summed E-state index contributed by atoms with van der Waals surface area (Å²) in [4.78, 5) is 15.3. The molecule has 2 saturated heterocycles. The zero-order valence-electron chi connectivity index (χ0n) is 15.5. The van der Waals surface area contributed by atoms with Crippen molar-refractivity contribution in [2.45, 2.75) is 63.7 Å². The molecule has 0 aromatic heterocycles. The molecule has 2 heterocycles. The van der Waals surface area contributed by atoms with Gasteiger partial charge in [0.2, 0.25) is 0 Å². The number of rotatable bonds is 4. The number of aryl methyl sites for hydroxylation is 1. The Kier molecular flexibility index (Phi) is 5.07. The van der Waals surface area contributed by atoms with Crippen molar-refractivity contribution in [3.05, 3.63) is 71.3 Å². The molecule has 2 aromatic carbocycles. The van der Waals surface area contributed by atoms with Crippen molar-refractivity contribution in [3.63, 3.8) is 0 Å². The molecule has 0 unspecified atom stereocenters. The van der Waals surface area contributed by atoms with Gasteiger partial charge in [0.15, 0.2) is 0 Å². The first-order valence-electron chi connectivity index (χ1n) is 9.86. The van der Waals surface area contributed by atoms with Crippen LogP contribution in [0.15, 0.2) is 54.6 Å². The maximum Gasteiger partial charge on any atom is 0.251 e. The van der Waals surface area contributed by atoms with Crippen LogP contribution in [0.5, 0.6) is 0 Å². The highest BCUT2D eigenvalue weighted by atomic mass is 16.1. The van der Waals surface area contributed by atoms with Crippen molar-refractivity contribution in [3.8, 4) is 0 Å². The van der Waals surface area contributed by atoms with Crippen molar-refractivity contribution in [2.75, 3.05) is 0 Å². The Hall–Kier alpha value is -2.13. The highest BCUT2D eigenvalue weighted by Crippen LogP contribution is 2.35. The zero-order valence-corrected chi connectivity index (χ0v) is 15.5. The number of hydrogen-bond acceptors (Lipinski definition) is 2. The maximum absolute atomic E-state index is 12.6. The van der Waals surface area contributed by atoms with Gasteiger partial charge >= 0.3 is 0 Å². The molecule has 1 amide bonds. The Bertz CT molecular complexity index is 744. The van der Waals surface area contributed by atoms with E-state index >= 15 is 0 Å². The van der Waals surface area contributed by atoms with Crippen molar-refractivity contribution in [2.24, 2.45) is 0 Å². The van der Waals surface area contributed by atoms with Gasteiger partial charge in [-0.3, -0.25) is 9.69 Å². The fraction of sp³-hybridized carbons (Fsp3) is 0.435. The lowest BCUT2D eigenvalue weighted by Crippen LogP contribution is -2.56. The number of carbonyl (C=O) groups excluding carboxylic acids is 1. The van der Waals surface area contributed by atoms with E-state index in [0.29, 0.717) is 18.1 Å². The summed E-state index contributed by atoms with van der Waals surface area (Å²) in [5.74, 6) is 0.0771. The topological polar surface area (TPSA) is 32.3 Å². The van der Waals surface area contributed by atoms with Crippen LogP contribution in [-0.2, 0) is 6.54 Å². The molecule has 0 radical (unpaired) electrons. The Balaban J connectivity index is 1.42. The molecule has 0 spiro atoms. The summed E-state index contributed by atoms with van der Waals surface area (Å²) in [6, 6.07) is 20.1. The van der Waals surface area contributed by atoms with E-state index in [1.807, 2.05) is 31.2 Å². The molecule has 0 saturated carbocycles. The molecule has 2 fully saturated rings. The SMILES string of the molecule is Cc1cccc(C(=O)NC2C[C@H]3CCC[C@H](C2)N3Cc2ccccc2)c1. The zero-order chi connectivity index (χ0) is 17.9. The second-order valence-corrected chi connectivity index (χ2v) is 7.91. The average molecular weight is 348 g/mol. The number of nitrogens with zero attached hydrogens (tertiary/aromatic N) is 1. The Morgan fingerprint density at radius 3 is 2.46 bits per heavy atom. The lowest BCUT2D eigenvalue weighted by atomic mass is 9.81. The van der Waals surface area contributed by atoms with E-state index in [1.165, 1.54) is 24.8 Å². The highest BCUT2D eigenvalue weighted by Gasteiger charge is 2.38. The molecule has 2 aliphatic rings. The predicted octanol–water partition coefficient (Wildman–Crippen LogP) is 4.31. The minimum absolute atomic E-state index is 0.0771.